The molecule has 0 amide bonds. The smallest absolute Gasteiger partial charge is 0.0383 e. The molecular weight excluding hydrogens is 196 g/mol. The van der Waals surface area contributed by atoms with Crippen LogP contribution in [0.15, 0.2) is 0 Å². The van der Waals surface area contributed by atoms with E-state index in [-0.39, 0.29) is 0 Å². The average Bonchev–Trinajstić information content (AvgIpc) is 2.15. The zero-order valence-corrected chi connectivity index (χ0v) is 10.0. The fourth-order valence-corrected chi connectivity index (χ4v) is 2.70. The second-order valence-corrected chi connectivity index (χ2v) is 5.74. The van der Waals surface area contributed by atoms with Gasteiger partial charge in [0.2, 0.25) is 0 Å². The van der Waals surface area contributed by atoms with E-state index in [1.807, 2.05) is 0 Å². The first-order chi connectivity index (χ1) is 6.68. The van der Waals surface area contributed by atoms with E-state index in [2.05, 4.69) is 17.6 Å². The molecule has 14 heavy (non-hydrogen) atoms. The van der Waals surface area contributed by atoms with E-state index in [0.717, 1.165) is 24.8 Å². The summed E-state index contributed by atoms with van der Waals surface area (Å²) < 4.78 is 11.0. The normalized spacial score (nSPS) is 27.1. The minimum absolute atomic E-state index is 0.378. The highest BCUT2D eigenvalue weighted by Gasteiger charge is 2.13. The molecule has 3 atom stereocenters. The molecule has 0 saturated carbocycles. The van der Waals surface area contributed by atoms with Crippen LogP contribution < -0.4 is 10.6 Å². The van der Waals surface area contributed by atoms with Crippen LogP contribution in [0.3, 0.4) is 0 Å². The van der Waals surface area contributed by atoms with E-state index in [9.17, 15) is 4.21 Å². The number of piperidine rings is 1. The van der Waals surface area contributed by atoms with Crippen molar-refractivity contribution in [3.63, 3.8) is 0 Å². The lowest BCUT2D eigenvalue weighted by Crippen LogP contribution is -2.40. The Kier molecular flexibility index (Phi) is 5.67. The zero-order valence-electron chi connectivity index (χ0n) is 9.21. The first-order valence-electron chi connectivity index (χ1n) is 5.42. The van der Waals surface area contributed by atoms with Crippen LogP contribution in [-0.4, -0.2) is 41.9 Å². The Morgan fingerprint density at radius 1 is 1.64 bits per heavy atom. The second kappa shape index (κ2) is 6.53. The Morgan fingerprint density at radius 2 is 2.43 bits per heavy atom. The summed E-state index contributed by atoms with van der Waals surface area (Å²) in [7, 11) is -0.680. The number of hydrogen-bond donors (Lipinski definition) is 2. The van der Waals surface area contributed by atoms with E-state index < -0.39 is 10.8 Å². The van der Waals surface area contributed by atoms with Crippen LogP contribution in [0.2, 0.25) is 0 Å². The second-order valence-electron chi connectivity index (χ2n) is 4.26. The highest BCUT2D eigenvalue weighted by atomic mass is 32.2. The fourth-order valence-electron chi connectivity index (χ4n) is 1.88. The van der Waals surface area contributed by atoms with Crippen molar-refractivity contribution in [1.82, 2.24) is 10.6 Å². The molecule has 0 bridgehead atoms. The third-order valence-electron chi connectivity index (χ3n) is 2.64. The third kappa shape index (κ3) is 5.08. The summed E-state index contributed by atoms with van der Waals surface area (Å²) in [5, 5.41) is 6.85. The molecule has 2 N–H and O–H groups in total. The molecule has 1 aliphatic rings. The number of nitrogens with one attached hydrogen (secondary N) is 2. The summed E-state index contributed by atoms with van der Waals surface area (Å²) in [6.45, 7) is 5.48. The van der Waals surface area contributed by atoms with Crippen LogP contribution in [-0.2, 0) is 10.8 Å². The molecule has 0 aromatic rings. The number of rotatable bonds is 5. The van der Waals surface area contributed by atoms with Crippen molar-refractivity contribution in [2.24, 2.45) is 5.92 Å². The van der Waals surface area contributed by atoms with Crippen LogP contribution in [0.25, 0.3) is 0 Å². The van der Waals surface area contributed by atoms with E-state index in [0.29, 0.717) is 6.04 Å². The summed E-state index contributed by atoms with van der Waals surface area (Å²) >= 11 is 0. The summed E-state index contributed by atoms with van der Waals surface area (Å²) in [5.41, 5.74) is 0. The molecule has 0 aromatic heterocycles. The standard InChI is InChI=1S/C10H22N2OS/c1-9(8-14(2)13)12-7-10-4-3-5-11-6-10/h9-12H,3-8H2,1-2H3. The van der Waals surface area contributed by atoms with Gasteiger partial charge in [0.1, 0.15) is 0 Å². The molecule has 0 spiro atoms. The first kappa shape index (κ1) is 12.1. The monoisotopic (exact) mass is 218 g/mol. The van der Waals surface area contributed by atoms with Gasteiger partial charge in [-0.25, -0.2) is 0 Å². The molecule has 0 radical (unpaired) electrons. The quantitative estimate of drug-likeness (QED) is 0.699. The van der Waals surface area contributed by atoms with Crippen molar-refractivity contribution in [2.75, 3.05) is 31.6 Å². The predicted octanol–water partition coefficient (Wildman–Crippen LogP) is 0.343. The molecule has 0 aliphatic carbocycles. The van der Waals surface area contributed by atoms with Gasteiger partial charge in [-0.1, -0.05) is 0 Å². The van der Waals surface area contributed by atoms with Crippen molar-refractivity contribution in [3.8, 4) is 0 Å². The van der Waals surface area contributed by atoms with Gasteiger partial charge in [0, 0.05) is 28.9 Å². The van der Waals surface area contributed by atoms with Crippen molar-refractivity contribution >= 4 is 10.8 Å². The lowest BCUT2D eigenvalue weighted by Gasteiger charge is -2.24. The third-order valence-corrected chi connectivity index (χ3v) is 3.61. The van der Waals surface area contributed by atoms with Crippen LogP contribution in [0.5, 0.6) is 0 Å². The maximum Gasteiger partial charge on any atom is 0.0383 e. The molecule has 1 fully saturated rings. The Morgan fingerprint density at radius 3 is 3.00 bits per heavy atom. The van der Waals surface area contributed by atoms with Gasteiger partial charge in [-0.15, -0.1) is 0 Å². The van der Waals surface area contributed by atoms with Crippen LogP contribution in [0.1, 0.15) is 19.8 Å². The molecule has 1 saturated heterocycles. The maximum atomic E-state index is 11.0. The van der Waals surface area contributed by atoms with Gasteiger partial charge < -0.3 is 10.6 Å². The lowest BCUT2D eigenvalue weighted by atomic mass is 9.99. The highest BCUT2D eigenvalue weighted by molar-refractivity contribution is 7.84. The van der Waals surface area contributed by atoms with Gasteiger partial charge >= 0.3 is 0 Å². The molecule has 3 unspecified atom stereocenters. The Labute approximate surface area is 89.5 Å². The molecular formula is C10H22N2OS. The summed E-state index contributed by atoms with van der Waals surface area (Å²) in [6, 6.07) is 0.378. The average molecular weight is 218 g/mol. The van der Waals surface area contributed by atoms with Crippen LogP contribution >= 0.6 is 0 Å². The molecule has 1 rings (SSSR count). The highest BCUT2D eigenvalue weighted by Crippen LogP contribution is 2.08. The van der Waals surface area contributed by atoms with Crippen molar-refractivity contribution in [1.29, 1.82) is 0 Å². The van der Waals surface area contributed by atoms with E-state index >= 15 is 0 Å². The van der Waals surface area contributed by atoms with E-state index in [1.165, 1.54) is 19.4 Å². The SMILES string of the molecule is CC(CS(C)=O)NCC1CCCNC1. The molecule has 4 heteroatoms. The molecule has 3 nitrogen and oxygen atoms in total. The first-order valence-corrected chi connectivity index (χ1v) is 7.15. The Hall–Kier alpha value is 0.0700. The molecule has 84 valence electrons. The van der Waals surface area contributed by atoms with Gasteiger partial charge in [0.25, 0.3) is 0 Å². The summed E-state index contributed by atoms with van der Waals surface area (Å²) in [6.07, 6.45) is 4.38. The molecule has 1 heterocycles. The topological polar surface area (TPSA) is 41.1 Å². The summed E-state index contributed by atoms with van der Waals surface area (Å²) in [4.78, 5) is 0. The van der Waals surface area contributed by atoms with Gasteiger partial charge in [-0.3, -0.25) is 4.21 Å². The van der Waals surface area contributed by atoms with Crippen molar-refractivity contribution in [3.05, 3.63) is 0 Å². The van der Waals surface area contributed by atoms with Gasteiger partial charge in [-0.05, 0) is 45.3 Å². The fraction of sp³-hybridized carbons (Fsp3) is 1.00. The van der Waals surface area contributed by atoms with E-state index in [4.69, 9.17) is 0 Å². The van der Waals surface area contributed by atoms with Gasteiger partial charge in [-0.2, -0.15) is 0 Å². The minimum Gasteiger partial charge on any atom is -0.316 e. The maximum absolute atomic E-state index is 11.0. The number of hydrogen-bond acceptors (Lipinski definition) is 3. The van der Waals surface area contributed by atoms with Gasteiger partial charge in [0.15, 0.2) is 0 Å². The lowest BCUT2D eigenvalue weighted by molar-refractivity contribution is 0.351. The Balaban J connectivity index is 2.09. The van der Waals surface area contributed by atoms with Gasteiger partial charge in [0.05, 0.1) is 0 Å². The zero-order chi connectivity index (χ0) is 10.4. The molecule has 1 aliphatic heterocycles. The minimum atomic E-state index is -0.680. The summed E-state index contributed by atoms with van der Waals surface area (Å²) in [5.74, 6) is 1.52. The van der Waals surface area contributed by atoms with Crippen molar-refractivity contribution < 1.29 is 4.21 Å². The largest absolute Gasteiger partial charge is 0.316 e. The van der Waals surface area contributed by atoms with E-state index in [1.54, 1.807) is 6.26 Å². The van der Waals surface area contributed by atoms with Crippen LogP contribution in [0.4, 0.5) is 0 Å². The van der Waals surface area contributed by atoms with Crippen molar-refractivity contribution in [2.45, 2.75) is 25.8 Å². The molecule has 0 aromatic carbocycles. The Bertz CT molecular complexity index is 181. The predicted molar refractivity (Wildman–Crippen MR) is 62.0 cm³/mol. The van der Waals surface area contributed by atoms with Crippen LogP contribution in [0, 0.1) is 5.92 Å².